The first kappa shape index (κ1) is 7.35. The molecular weight excluding hydrogens is 176 g/mol. The third-order valence-electron chi connectivity index (χ3n) is 1.40. The van der Waals surface area contributed by atoms with E-state index >= 15 is 0 Å². The Labute approximate surface area is 72.4 Å². The SMILES string of the molecule is CSc1nnc2ccc(O)nn12. The van der Waals surface area contributed by atoms with Crippen LogP contribution >= 0.6 is 11.8 Å². The zero-order valence-electron chi connectivity index (χ0n) is 6.30. The normalized spacial score (nSPS) is 10.8. The van der Waals surface area contributed by atoms with E-state index < -0.39 is 0 Å². The summed E-state index contributed by atoms with van der Waals surface area (Å²) in [6.07, 6.45) is 1.88. The third kappa shape index (κ3) is 1.00. The van der Waals surface area contributed by atoms with Crippen LogP contribution in [0.25, 0.3) is 5.65 Å². The summed E-state index contributed by atoms with van der Waals surface area (Å²) in [5.41, 5.74) is 0.636. The zero-order valence-corrected chi connectivity index (χ0v) is 7.12. The van der Waals surface area contributed by atoms with Crippen molar-refractivity contribution in [3.05, 3.63) is 12.1 Å². The number of thioether (sulfide) groups is 1. The Hall–Kier alpha value is -1.30. The van der Waals surface area contributed by atoms with Gasteiger partial charge in [-0.25, -0.2) is 0 Å². The van der Waals surface area contributed by atoms with E-state index in [0.29, 0.717) is 10.8 Å². The molecule has 0 spiro atoms. The van der Waals surface area contributed by atoms with E-state index in [9.17, 15) is 0 Å². The first-order chi connectivity index (χ1) is 5.81. The summed E-state index contributed by atoms with van der Waals surface area (Å²) in [5, 5.41) is 21.3. The molecule has 0 fully saturated rings. The smallest absolute Gasteiger partial charge is 0.229 e. The van der Waals surface area contributed by atoms with Gasteiger partial charge in [0, 0.05) is 6.07 Å². The van der Waals surface area contributed by atoms with Gasteiger partial charge in [-0.3, -0.25) is 0 Å². The summed E-state index contributed by atoms with van der Waals surface area (Å²) >= 11 is 1.43. The molecule has 2 rings (SSSR count). The monoisotopic (exact) mass is 182 g/mol. The molecule has 0 saturated carbocycles. The molecular formula is C6H6N4OS. The van der Waals surface area contributed by atoms with Gasteiger partial charge in [0.25, 0.3) is 0 Å². The van der Waals surface area contributed by atoms with Crippen molar-refractivity contribution in [2.24, 2.45) is 0 Å². The number of aromatic nitrogens is 4. The van der Waals surface area contributed by atoms with Crippen LogP contribution in [0.5, 0.6) is 5.88 Å². The second-order valence-electron chi connectivity index (χ2n) is 2.15. The second-order valence-corrected chi connectivity index (χ2v) is 2.92. The molecule has 62 valence electrons. The Bertz CT molecular complexity index is 413. The second kappa shape index (κ2) is 2.63. The molecule has 0 atom stereocenters. The number of fused-ring (bicyclic) bond motifs is 1. The fourth-order valence-electron chi connectivity index (χ4n) is 0.887. The Morgan fingerprint density at radius 2 is 2.25 bits per heavy atom. The number of aromatic hydroxyl groups is 1. The molecule has 0 aliphatic carbocycles. The highest BCUT2D eigenvalue weighted by atomic mass is 32.2. The molecule has 12 heavy (non-hydrogen) atoms. The van der Waals surface area contributed by atoms with Crippen molar-refractivity contribution in [2.45, 2.75) is 5.16 Å². The first-order valence-corrected chi connectivity index (χ1v) is 4.49. The first-order valence-electron chi connectivity index (χ1n) is 3.26. The molecule has 0 aliphatic heterocycles. The van der Waals surface area contributed by atoms with Crippen LogP contribution in [0.4, 0.5) is 0 Å². The third-order valence-corrected chi connectivity index (χ3v) is 2.02. The predicted molar refractivity (Wildman–Crippen MR) is 44.2 cm³/mol. The van der Waals surface area contributed by atoms with Crippen molar-refractivity contribution in [2.75, 3.05) is 6.26 Å². The van der Waals surface area contributed by atoms with Crippen LogP contribution in [0.3, 0.4) is 0 Å². The van der Waals surface area contributed by atoms with Crippen LogP contribution in [-0.2, 0) is 0 Å². The van der Waals surface area contributed by atoms with E-state index in [0.717, 1.165) is 0 Å². The summed E-state index contributed by atoms with van der Waals surface area (Å²) in [6, 6.07) is 3.14. The lowest BCUT2D eigenvalue weighted by Crippen LogP contribution is -1.91. The molecule has 5 nitrogen and oxygen atoms in total. The molecule has 0 amide bonds. The van der Waals surface area contributed by atoms with E-state index in [4.69, 9.17) is 5.11 Å². The van der Waals surface area contributed by atoms with Crippen LogP contribution in [0.15, 0.2) is 17.3 Å². The highest BCUT2D eigenvalue weighted by molar-refractivity contribution is 7.98. The fraction of sp³-hybridized carbons (Fsp3) is 0.167. The van der Waals surface area contributed by atoms with Crippen molar-refractivity contribution in [3.63, 3.8) is 0 Å². The van der Waals surface area contributed by atoms with Gasteiger partial charge in [0.15, 0.2) is 5.65 Å². The Balaban J connectivity index is 2.75. The minimum Gasteiger partial charge on any atom is -0.492 e. The molecule has 2 heterocycles. The maximum Gasteiger partial charge on any atom is 0.229 e. The summed E-state index contributed by atoms with van der Waals surface area (Å²) < 4.78 is 1.50. The summed E-state index contributed by atoms with van der Waals surface area (Å²) in [6.45, 7) is 0. The number of hydrogen-bond donors (Lipinski definition) is 1. The van der Waals surface area contributed by atoms with Gasteiger partial charge < -0.3 is 5.11 Å². The summed E-state index contributed by atoms with van der Waals surface area (Å²) in [5.74, 6) is -0.0300. The van der Waals surface area contributed by atoms with Gasteiger partial charge in [-0.1, -0.05) is 11.8 Å². The summed E-state index contributed by atoms with van der Waals surface area (Å²) in [4.78, 5) is 0. The van der Waals surface area contributed by atoms with E-state index in [1.165, 1.54) is 22.3 Å². The fourth-order valence-corrected chi connectivity index (χ4v) is 1.32. The summed E-state index contributed by atoms with van der Waals surface area (Å²) in [7, 11) is 0. The molecule has 2 aromatic rings. The van der Waals surface area contributed by atoms with Gasteiger partial charge >= 0.3 is 0 Å². The Morgan fingerprint density at radius 1 is 1.42 bits per heavy atom. The maximum absolute atomic E-state index is 9.07. The Kier molecular flexibility index (Phi) is 1.61. The van der Waals surface area contributed by atoms with Crippen LogP contribution < -0.4 is 0 Å². The lowest BCUT2D eigenvalue weighted by atomic mass is 10.5. The number of nitrogens with zero attached hydrogens (tertiary/aromatic N) is 4. The minimum atomic E-state index is -0.0300. The Morgan fingerprint density at radius 3 is 3.00 bits per heavy atom. The van der Waals surface area contributed by atoms with Crippen LogP contribution in [-0.4, -0.2) is 31.2 Å². The molecule has 6 heteroatoms. The molecule has 0 saturated heterocycles. The van der Waals surface area contributed by atoms with Gasteiger partial charge in [-0.2, -0.15) is 4.52 Å². The van der Waals surface area contributed by atoms with Gasteiger partial charge in [-0.05, 0) is 12.3 Å². The van der Waals surface area contributed by atoms with E-state index in [-0.39, 0.29) is 5.88 Å². The molecule has 0 bridgehead atoms. The largest absolute Gasteiger partial charge is 0.492 e. The predicted octanol–water partition coefficient (Wildman–Crippen LogP) is 0.552. The molecule has 0 aromatic carbocycles. The van der Waals surface area contributed by atoms with Crippen LogP contribution in [0.1, 0.15) is 0 Å². The lowest BCUT2D eigenvalue weighted by Gasteiger charge is -1.93. The number of hydrogen-bond acceptors (Lipinski definition) is 5. The molecule has 0 unspecified atom stereocenters. The van der Waals surface area contributed by atoms with E-state index in [2.05, 4.69) is 15.3 Å². The van der Waals surface area contributed by atoms with Gasteiger partial charge in [-0.15, -0.1) is 15.3 Å². The molecule has 0 radical (unpaired) electrons. The van der Waals surface area contributed by atoms with E-state index in [1.54, 1.807) is 6.07 Å². The molecule has 1 N–H and O–H groups in total. The van der Waals surface area contributed by atoms with Crippen molar-refractivity contribution in [1.29, 1.82) is 0 Å². The highest BCUT2D eigenvalue weighted by Gasteiger charge is 2.04. The van der Waals surface area contributed by atoms with Crippen molar-refractivity contribution in [3.8, 4) is 5.88 Å². The molecule has 2 aromatic heterocycles. The number of rotatable bonds is 1. The van der Waals surface area contributed by atoms with Gasteiger partial charge in [0.05, 0.1) is 0 Å². The standard InChI is InChI=1S/C6H6N4OS/c1-12-6-8-7-4-2-3-5(11)9-10(4)6/h2-3H,1H3,(H,9,11). The van der Waals surface area contributed by atoms with Crippen molar-refractivity contribution in [1.82, 2.24) is 19.8 Å². The van der Waals surface area contributed by atoms with Gasteiger partial charge in [0.2, 0.25) is 11.0 Å². The van der Waals surface area contributed by atoms with Gasteiger partial charge in [0.1, 0.15) is 0 Å². The average molecular weight is 182 g/mol. The topological polar surface area (TPSA) is 63.3 Å². The lowest BCUT2D eigenvalue weighted by molar-refractivity contribution is 0.439. The van der Waals surface area contributed by atoms with Crippen molar-refractivity contribution < 1.29 is 5.11 Å². The maximum atomic E-state index is 9.07. The minimum absolute atomic E-state index is 0.0300. The van der Waals surface area contributed by atoms with Crippen LogP contribution in [0.2, 0.25) is 0 Å². The molecule has 0 aliphatic rings. The zero-order chi connectivity index (χ0) is 8.55. The van der Waals surface area contributed by atoms with Crippen molar-refractivity contribution >= 4 is 17.4 Å². The van der Waals surface area contributed by atoms with Crippen LogP contribution in [0, 0.1) is 0 Å². The average Bonchev–Trinajstić information content (AvgIpc) is 2.46. The quantitative estimate of drug-likeness (QED) is 0.652. The highest BCUT2D eigenvalue weighted by Crippen LogP contribution is 2.13. The van der Waals surface area contributed by atoms with E-state index in [1.807, 2.05) is 6.26 Å².